The van der Waals surface area contributed by atoms with Crippen LogP contribution in [0, 0.1) is 5.82 Å². The zero-order valence-electron chi connectivity index (χ0n) is 18.0. The Balaban J connectivity index is 1.60. The van der Waals surface area contributed by atoms with Crippen LogP contribution in [0.1, 0.15) is 24.2 Å². The topological polar surface area (TPSA) is 90.9 Å². The van der Waals surface area contributed by atoms with Crippen LogP contribution in [0.15, 0.2) is 47.6 Å². The Morgan fingerprint density at radius 3 is 2.68 bits per heavy atom. The Morgan fingerprint density at radius 1 is 1.13 bits per heavy atom. The first-order valence-electron chi connectivity index (χ1n) is 10.2. The summed E-state index contributed by atoms with van der Waals surface area (Å²) in [7, 11) is 3.13. The predicted octanol–water partition coefficient (Wildman–Crippen LogP) is 3.16. The summed E-state index contributed by atoms with van der Waals surface area (Å²) in [5, 5.41) is 18.0. The van der Waals surface area contributed by atoms with Gasteiger partial charge in [-0.1, -0.05) is 6.07 Å². The molecule has 0 saturated heterocycles. The molecule has 1 heterocycles. The van der Waals surface area contributed by atoms with Gasteiger partial charge < -0.3 is 30.2 Å². The Morgan fingerprint density at radius 2 is 1.94 bits per heavy atom. The van der Waals surface area contributed by atoms with Crippen molar-refractivity contribution in [2.75, 3.05) is 33.9 Å². The largest absolute Gasteiger partial charge is 0.493 e. The van der Waals surface area contributed by atoms with E-state index in [1.54, 1.807) is 38.5 Å². The molecule has 1 unspecified atom stereocenters. The van der Waals surface area contributed by atoms with Crippen LogP contribution in [0.3, 0.4) is 0 Å². The molecule has 0 aliphatic rings. The van der Waals surface area contributed by atoms with E-state index in [0.29, 0.717) is 36.1 Å². The highest BCUT2D eigenvalue weighted by Crippen LogP contribution is 2.30. The van der Waals surface area contributed by atoms with E-state index in [0.717, 1.165) is 22.9 Å². The standard InChI is InChI=1S/C23H29FN4O3/c1-4-25-23(26-10-9-16-13-27-19-12-17(24)6-7-18(16)19)28-14-20(29)15-5-8-21(30-2)22(11-15)31-3/h5-8,11-13,20,27,29H,4,9-10,14H2,1-3H3,(H2,25,26,28). The Hall–Kier alpha value is -3.26. The molecule has 4 N–H and O–H groups in total. The molecule has 0 spiro atoms. The minimum Gasteiger partial charge on any atom is -0.493 e. The van der Waals surface area contributed by atoms with Gasteiger partial charge in [-0.3, -0.25) is 4.99 Å². The quantitative estimate of drug-likeness (QED) is 0.311. The number of aromatic amines is 1. The maximum Gasteiger partial charge on any atom is 0.191 e. The van der Waals surface area contributed by atoms with E-state index in [1.165, 1.54) is 12.1 Å². The maximum absolute atomic E-state index is 13.4. The number of nitrogens with one attached hydrogen (secondary N) is 3. The van der Waals surface area contributed by atoms with E-state index in [2.05, 4.69) is 20.6 Å². The molecular formula is C23H29FN4O3. The zero-order chi connectivity index (χ0) is 22.2. The van der Waals surface area contributed by atoms with Gasteiger partial charge in [0.15, 0.2) is 17.5 Å². The molecule has 3 aromatic rings. The molecular weight excluding hydrogens is 399 g/mol. The van der Waals surface area contributed by atoms with Gasteiger partial charge in [-0.2, -0.15) is 0 Å². The van der Waals surface area contributed by atoms with Crippen molar-refractivity contribution >= 4 is 16.9 Å². The monoisotopic (exact) mass is 428 g/mol. The summed E-state index contributed by atoms with van der Waals surface area (Å²) in [5.41, 5.74) is 2.58. The van der Waals surface area contributed by atoms with Crippen LogP contribution in [0.2, 0.25) is 0 Å². The number of hydrogen-bond acceptors (Lipinski definition) is 4. The number of guanidine groups is 1. The first kappa shape index (κ1) is 22.4. The molecule has 0 radical (unpaired) electrons. The SMILES string of the molecule is CCNC(=NCC(O)c1ccc(OC)c(OC)c1)NCCc1c[nH]c2cc(F)ccc12. The lowest BCUT2D eigenvalue weighted by Crippen LogP contribution is -2.38. The number of H-pyrrole nitrogens is 1. The van der Waals surface area contributed by atoms with Gasteiger partial charge in [0, 0.05) is 30.2 Å². The third kappa shape index (κ3) is 5.67. The number of ether oxygens (including phenoxy) is 2. The van der Waals surface area contributed by atoms with Crippen molar-refractivity contribution in [1.29, 1.82) is 0 Å². The number of benzene rings is 2. The molecule has 0 saturated carbocycles. The van der Waals surface area contributed by atoms with Gasteiger partial charge in [-0.05, 0) is 54.8 Å². The molecule has 7 nitrogen and oxygen atoms in total. The normalized spacial score (nSPS) is 12.6. The first-order chi connectivity index (χ1) is 15.0. The number of aromatic nitrogens is 1. The fourth-order valence-electron chi connectivity index (χ4n) is 3.37. The van der Waals surface area contributed by atoms with E-state index in [4.69, 9.17) is 9.47 Å². The summed E-state index contributed by atoms with van der Waals surface area (Å²) in [6.07, 6.45) is 1.86. The fraction of sp³-hybridized carbons (Fsp3) is 0.348. The highest BCUT2D eigenvalue weighted by Gasteiger charge is 2.12. The van der Waals surface area contributed by atoms with E-state index in [1.807, 2.05) is 13.1 Å². The number of nitrogens with zero attached hydrogens (tertiary/aromatic N) is 1. The molecule has 0 aliphatic heterocycles. The summed E-state index contributed by atoms with van der Waals surface area (Å²) in [5.74, 6) is 1.53. The summed E-state index contributed by atoms with van der Waals surface area (Å²) < 4.78 is 23.9. The van der Waals surface area contributed by atoms with Crippen LogP contribution < -0.4 is 20.1 Å². The van der Waals surface area contributed by atoms with Gasteiger partial charge in [0.2, 0.25) is 0 Å². The molecule has 2 aromatic carbocycles. The minimum absolute atomic E-state index is 0.192. The van der Waals surface area contributed by atoms with Crippen LogP contribution in [0.4, 0.5) is 4.39 Å². The molecule has 0 amide bonds. The number of aliphatic hydroxyl groups is 1. The van der Waals surface area contributed by atoms with E-state index in [9.17, 15) is 9.50 Å². The number of aliphatic hydroxyl groups excluding tert-OH is 1. The molecule has 0 bridgehead atoms. The molecule has 3 rings (SSSR count). The predicted molar refractivity (Wildman–Crippen MR) is 120 cm³/mol. The second kappa shape index (κ2) is 10.7. The van der Waals surface area contributed by atoms with Crippen molar-refractivity contribution in [2.45, 2.75) is 19.4 Å². The van der Waals surface area contributed by atoms with Gasteiger partial charge in [0.05, 0.1) is 26.9 Å². The minimum atomic E-state index is -0.779. The van der Waals surface area contributed by atoms with Crippen LogP contribution >= 0.6 is 0 Å². The van der Waals surface area contributed by atoms with Crippen LogP contribution in [0.5, 0.6) is 11.5 Å². The van der Waals surface area contributed by atoms with Crippen molar-refractivity contribution in [3.63, 3.8) is 0 Å². The lowest BCUT2D eigenvalue weighted by Gasteiger charge is -2.15. The number of methoxy groups -OCH3 is 2. The van der Waals surface area contributed by atoms with Crippen molar-refractivity contribution in [1.82, 2.24) is 15.6 Å². The van der Waals surface area contributed by atoms with E-state index < -0.39 is 6.10 Å². The first-order valence-corrected chi connectivity index (χ1v) is 10.2. The fourth-order valence-corrected chi connectivity index (χ4v) is 3.37. The number of halogens is 1. The highest BCUT2D eigenvalue weighted by atomic mass is 19.1. The Kier molecular flexibility index (Phi) is 7.72. The van der Waals surface area contributed by atoms with Gasteiger partial charge >= 0.3 is 0 Å². The summed E-state index contributed by atoms with van der Waals surface area (Å²) in [6, 6.07) is 10.1. The van der Waals surface area contributed by atoms with Gasteiger partial charge in [-0.25, -0.2) is 4.39 Å². The molecule has 8 heteroatoms. The third-order valence-electron chi connectivity index (χ3n) is 4.98. The number of hydrogen-bond donors (Lipinski definition) is 4. The molecule has 0 aliphatic carbocycles. The average molecular weight is 429 g/mol. The van der Waals surface area contributed by atoms with E-state index in [-0.39, 0.29) is 12.4 Å². The second-order valence-electron chi connectivity index (χ2n) is 7.03. The third-order valence-corrected chi connectivity index (χ3v) is 4.98. The number of fused-ring (bicyclic) bond motifs is 1. The average Bonchev–Trinajstić information content (AvgIpc) is 3.18. The maximum atomic E-state index is 13.4. The molecule has 1 atom stereocenters. The van der Waals surface area contributed by atoms with Crippen LogP contribution in [0.25, 0.3) is 10.9 Å². The summed E-state index contributed by atoms with van der Waals surface area (Å²) in [4.78, 5) is 7.60. The summed E-state index contributed by atoms with van der Waals surface area (Å²) in [6.45, 7) is 3.51. The highest BCUT2D eigenvalue weighted by molar-refractivity contribution is 5.83. The van der Waals surface area contributed by atoms with Gasteiger partial charge in [0.1, 0.15) is 5.82 Å². The van der Waals surface area contributed by atoms with Crippen molar-refractivity contribution < 1.29 is 19.0 Å². The Bertz CT molecular complexity index is 1030. The van der Waals surface area contributed by atoms with Crippen molar-refractivity contribution in [3.8, 4) is 11.5 Å². The lowest BCUT2D eigenvalue weighted by molar-refractivity contribution is 0.186. The summed E-state index contributed by atoms with van der Waals surface area (Å²) >= 11 is 0. The number of rotatable bonds is 9. The van der Waals surface area contributed by atoms with Gasteiger partial charge in [-0.15, -0.1) is 0 Å². The molecule has 31 heavy (non-hydrogen) atoms. The Labute approximate surface area is 181 Å². The van der Waals surface area contributed by atoms with Gasteiger partial charge in [0.25, 0.3) is 0 Å². The van der Waals surface area contributed by atoms with E-state index >= 15 is 0 Å². The molecule has 0 fully saturated rings. The lowest BCUT2D eigenvalue weighted by atomic mass is 10.1. The van der Waals surface area contributed by atoms with Crippen LogP contribution in [-0.2, 0) is 6.42 Å². The van der Waals surface area contributed by atoms with Crippen LogP contribution in [-0.4, -0.2) is 49.9 Å². The smallest absolute Gasteiger partial charge is 0.191 e. The molecule has 1 aromatic heterocycles. The number of aliphatic imine (C=N–C) groups is 1. The van der Waals surface area contributed by atoms with Crippen molar-refractivity contribution in [3.05, 3.63) is 59.5 Å². The van der Waals surface area contributed by atoms with Crippen molar-refractivity contribution in [2.24, 2.45) is 4.99 Å². The zero-order valence-corrected chi connectivity index (χ0v) is 18.0. The second-order valence-corrected chi connectivity index (χ2v) is 7.03. The molecule has 166 valence electrons.